The van der Waals surface area contributed by atoms with Gasteiger partial charge in [-0.1, -0.05) is 0 Å². The predicted molar refractivity (Wildman–Crippen MR) is 40.5 cm³/mol. The number of ketones is 1. The molecule has 1 fully saturated rings. The van der Waals surface area contributed by atoms with Crippen molar-refractivity contribution >= 4 is 18.4 Å². The maximum atomic E-state index is 10.9. The quantitative estimate of drug-likeness (QED) is 0.459. The number of allylic oxidation sites excluding steroid dienone is 2. The molecule has 1 aliphatic rings. The van der Waals surface area contributed by atoms with Crippen LogP contribution in [0.3, 0.4) is 0 Å². The molecule has 0 aromatic rings. The first-order chi connectivity index (χ1) is 4.20. The lowest BCUT2D eigenvalue weighted by Crippen LogP contribution is -1.93. The summed E-state index contributed by atoms with van der Waals surface area (Å²) < 4.78 is 0. The molecular weight excluding hydrogens is 132 g/mol. The number of hydrogen-bond acceptors (Lipinski definition) is 2. The van der Waals surface area contributed by atoms with E-state index in [1.54, 1.807) is 6.08 Å². The van der Waals surface area contributed by atoms with Gasteiger partial charge >= 0.3 is 0 Å². The predicted octanol–water partition coefficient (Wildman–Crippen LogP) is 1.80. The summed E-state index contributed by atoms with van der Waals surface area (Å²) >= 11 is 4.00. The van der Waals surface area contributed by atoms with Gasteiger partial charge in [-0.25, -0.2) is 0 Å². The summed E-state index contributed by atoms with van der Waals surface area (Å²) in [5, 5.41) is 0. The maximum absolute atomic E-state index is 10.9. The fourth-order valence-corrected chi connectivity index (χ4v) is 0.819. The van der Waals surface area contributed by atoms with Gasteiger partial charge in [-0.05, 0) is 30.7 Å². The minimum Gasteiger partial charge on any atom is -0.295 e. The van der Waals surface area contributed by atoms with Gasteiger partial charge in [-0.2, -0.15) is 0 Å². The summed E-state index contributed by atoms with van der Waals surface area (Å²) in [4.78, 5) is 11.7. The second-order valence-corrected chi connectivity index (χ2v) is 3.17. The summed E-state index contributed by atoms with van der Waals surface area (Å²) in [6.07, 6.45) is 3.77. The Labute approximate surface area is 60.6 Å². The highest BCUT2D eigenvalue weighted by molar-refractivity contribution is 7.84. The van der Waals surface area contributed by atoms with Crippen LogP contribution < -0.4 is 0 Å². The van der Waals surface area contributed by atoms with Gasteiger partial charge in [-0.15, -0.1) is 12.6 Å². The molecule has 0 amide bonds. The second kappa shape index (κ2) is 2.56. The molecule has 0 saturated heterocycles. The number of thiol groups is 1. The Morgan fingerprint density at radius 3 is 2.56 bits per heavy atom. The first-order valence-corrected chi connectivity index (χ1v) is 3.56. The lowest BCUT2D eigenvalue weighted by molar-refractivity contribution is -0.115. The SMILES string of the molecule is C/C(S)=C/C(=O)C1CC1. The summed E-state index contributed by atoms with van der Waals surface area (Å²) in [7, 11) is 0. The van der Waals surface area contributed by atoms with E-state index in [2.05, 4.69) is 12.6 Å². The molecule has 1 saturated carbocycles. The summed E-state index contributed by atoms with van der Waals surface area (Å²) in [5.74, 6) is 0.592. The Hall–Kier alpha value is -0.240. The van der Waals surface area contributed by atoms with Crippen LogP contribution >= 0.6 is 12.6 Å². The Balaban J connectivity index is 2.42. The van der Waals surface area contributed by atoms with Gasteiger partial charge in [0.15, 0.2) is 5.78 Å². The molecule has 0 aliphatic heterocycles. The van der Waals surface area contributed by atoms with E-state index in [9.17, 15) is 4.79 Å². The van der Waals surface area contributed by atoms with Gasteiger partial charge in [0.1, 0.15) is 0 Å². The van der Waals surface area contributed by atoms with E-state index in [-0.39, 0.29) is 5.78 Å². The molecule has 1 nitrogen and oxygen atoms in total. The molecule has 0 atom stereocenters. The van der Waals surface area contributed by atoms with Crippen LogP contribution in [0.4, 0.5) is 0 Å². The van der Waals surface area contributed by atoms with Gasteiger partial charge < -0.3 is 0 Å². The van der Waals surface area contributed by atoms with Crippen molar-refractivity contribution in [2.45, 2.75) is 19.8 Å². The maximum Gasteiger partial charge on any atom is 0.159 e. The van der Waals surface area contributed by atoms with Crippen LogP contribution in [0.5, 0.6) is 0 Å². The molecule has 50 valence electrons. The molecule has 0 heterocycles. The highest BCUT2D eigenvalue weighted by atomic mass is 32.1. The number of hydrogen-bond donors (Lipinski definition) is 1. The van der Waals surface area contributed by atoms with Crippen LogP contribution in [0.2, 0.25) is 0 Å². The zero-order valence-electron chi connectivity index (χ0n) is 5.42. The van der Waals surface area contributed by atoms with Crippen molar-refractivity contribution in [1.82, 2.24) is 0 Å². The Morgan fingerprint density at radius 2 is 2.22 bits per heavy atom. The van der Waals surface area contributed by atoms with Gasteiger partial charge in [0.25, 0.3) is 0 Å². The third kappa shape index (κ3) is 2.22. The average molecular weight is 142 g/mol. The van der Waals surface area contributed by atoms with Crippen molar-refractivity contribution in [3.63, 3.8) is 0 Å². The minimum absolute atomic E-state index is 0.252. The van der Waals surface area contributed by atoms with E-state index >= 15 is 0 Å². The molecule has 9 heavy (non-hydrogen) atoms. The molecule has 0 bridgehead atoms. The molecule has 1 aliphatic carbocycles. The number of carbonyl (C=O) groups excluding carboxylic acids is 1. The van der Waals surface area contributed by atoms with Crippen LogP contribution in [0.15, 0.2) is 11.0 Å². The van der Waals surface area contributed by atoms with Crippen molar-refractivity contribution in [1.29, 1.82) is 0 Å². The van der Waals surface area contributed by atoms with E-state index in [4.69, 9.17) is 0 Å². The van der Waals surface area contributed by atoms with E-state index in [0.29, 0.717) is 5.92 Å². The summed E-state index contributed by atoms with van der Waals surface area (Å²) in [6.45, 7) is 1.82. The smallest absolute Gasteiger partial charge is 0.159 e. The van der Waals surface area contributed by atoms with Crippen molar-refractivity contribution < 1.29 is 4.79 Å². The van der Waals surface area contributed by atoms with E-state index in [0.717, 1.165) is 17.7 Å². The third-order valence-electron chi connectivity index (χ3n) is 1.33. The molecule has 0 unspecified atom stereocenters. The number of carbonyl (C=O) groups is 1. The molecule has 0 aromatic heterocycles. The fraction of sp³-hybridized carbons (Fsp3) is 0.571. The van der Waals surface area contributed by atoms with E-state index in [1.807, 2.05) is 6.92 Å². The Morgan fingerprint density at radius 1 is 1.67 bits per heavy atom. The molecule has 0 spiro atoms. The highest BCUT2D eigenvalue weighted by Crippen LogP contribution is 2.30. The van der Waals surface area contributed by atoms with Gasteiger partial charge in [0.05, 0.1) is 0 Å². The van der Waals surface area contributed by atoms with Crippen LogP contribution in [0, 0.1) is 5.92 Å². The van der Waals surface area contributed by atoms with Gasteiger partial charge in [0.2, 0.25) is 0 Å². The lowest BCUT2D eigenvalue weighted by Gasteiger charge is -1.87. The fourth-order valence-electron chi connectivity index (χ4n) is 0.692. The van der Waals surface area contributed by atoms with Crippen molar-refractivity contribution in [2.24, 2.45) is 5.92 Å². The average Bonchev–Trinajstić information content (AvgIpc) is 2.40. The highest BCUT2D eigenvalue weighted by Gasteiger charge is 2.27. The van der Waals surface area contributed by atoms with E-state index in [1.165, 1.54) is 0 Å². The van der Waals surface area contributed by atoms with Crippen LogP contribution in [-0.4, -0.2) is 5.78 Å². The molecule has 2 heteroatoms. The van der Waals surface area contributed by atoms with Crippen molar-refractivity contribution in [3.8, 4) is 0 Å². The molecule has 0 radical (unpaired) electrons. The molecule has 0 N–H and O–H groups in total. The van der Waals surface area contributed by atoms with E-state index < -0.39 is 0 Å². The van der Waals surface area contributed by atoms with Gasteiger partial charge in [-0.3, -0.25) is 4.79 Å². The third-order valence-corrected chi connectivity index (χ3v) is 1.46. The summed E-state index contributed by atoms with van der Waals surface area (Å²) in [6, 6.07) is 0. The number of rotatable bonds is 2. The Bertz CT molecular complexity index is 152. The lowest BCUT2D eigenvalue weighted by atomic mass is 10.2. The zero-order valence-corrected chi connectivity index (χ0v) is 6.32. The molecular formula is C7H10OS. The van der Waals surface area contributed by atoms with Crippen molar-refractivity contribution in [3.05, 3.63) is 11.0 Å². The van der Waals surface area contributed by atoms with Crippen LogP contribution in [0.25, 0.3) is 0 Å². The van der Waals surface area contributed by atoms with Gasteiger partial charge in [0, 0.05) is 5.92 Å². The molecule has 1 rings (SSSR count). The monoisotopic (exact) mass is 142 g/mol. The second-order valence-electron chi connectivity index (χ2n) is 2.46. The molecule has 0 aromatic carbocycles. The summed E-state index contributed by atoms with van der Waals surface area (Å²) in [5.41, 5.74) is 0. The first-order valence-electron chi connectivity index (χ1n) is 3.11. The van der Waals surface area contributed by atoms with Crippen LogP contribution in [-0.2, 0) is 4.79 Å². The largest absolute Gasteiger partial charge is 0.295 e. The Kier molecular flexibility index (Phi) is 1.96. The normalized spacial score (nSPS) is 20.0. The standard InChI is InChI=1S/C7H10OS/c1-5(9)4-7(8)6-2-3-6/h4,6,9H,2-3H2,1H3/b5-4-. The van der Waals surface area contributed by atoms with Crippen molar-refractivity contribution in [2.75, 3.05) is 0 Å². The first kappa shape index (κ1) is 6.87. The topological polar surface area (TPSA) is 17.1 Å². The minimum atomic E-state index is 0.252. The zero-order chi connectivity index (χ0) is 6.85. The van der Waals surface area contributed by atoms with Crippen LogP contribution in [0.1, 0.15) is 19.8 Å².